The van der Waals surface area contributed by atoms with Crippen LogP contribution in [0.3, 0.4) is 0 Å². The van der Waals surface area contributed by atoms with Gasteiger partial charge in [-0.2, -0.15) is 0 Å². The number of hydrogen-bond acceptors (Lipinski definition) is 3. The summed E-state index contributed by atoms with van der Waals surface area (Å²) in [4.78, 5) is 17.5. The standard InChI is InChI=1S/C22H30N2O3/c1-14(16-4-3-5-19(10-16)27-2)23-6-7-24(21(23)25)20-17-8-15-9-18(20)13-22(26,11-15)12-17/h3-5,10,14-15,17-18,20,26H,6-9,11-13H2,1-2H3/t14-,15?,17?,18?,20?,22?/m0/s1. The number of aliphatic hydroxyl groups is 1. The van der Waals surface area contributed by atoms with Crippen molar-refractivity contribution < 1.29 is 14.6 Å². The minimum absolute atomic E-state index is 0.0404. The van der Waals surface area contributed by atoms with Gasteiger partial charge < -0.3 is 19.6 Å². The molecule has 1 saturated heterocycles. The number of ether oxygens (including phenoxy) is 1. The van der Waals surface area contributed by atoms with E-state index in [0.29, 0.717) is 23.8 Å². The molecule has 2 unspecified atom stereocenters. The van der Waals surface area contributed by atoms with Crippen molar-refractivity contribution in [2.45, 2.75) is 56.7 Å². The summed E-state index contributed by atoms with van der Waals surface area (Å²) in [7, 11) is 1.67. The molecule has 0 aromatic heterocycles. The first kappa shape index (κ1) is 17.4. The number of hydrogen-bond donors (Lipinski definition) is 1. The fourth-order valence-electron chi connectivity index (χ4n) is 6.75. The van der Waals surface area contributed by atoms with E-state index in [1.165, 1.54) is 12.8 Å². The molecule has 5 aliphatic rings. The second-order valence-corrected chi connectivity index (χ2v) is 9.31. The second-order valence-electron chi connectivity index (χ2n) is 9.31. The van der Waals surface area contributed by atoms with Gasteiger partial charge in [-0.05, 0) is 74.5 Å². The lowest BCUT2D eigenvalue weighted by molar-refractivity contribution is -0.152. The SMILES string of the molecule is COc1cccc([C@H](C)N2CCN(C3C4CC5CC3CC(O)(C5)C4)C2=O)c1. The number of rotatable bonds is 4. The maximum absolute atomic E-state index is 13.3. The first-order chi connectivity index (χ1) is 13.0. The average molecular weight is 370 g/mol. The lowest BCUT2D eigenvalue weighted by atomic mass is 9.52. The van der Waals surface area contributed by atoms with Crippen molar-refractivity contribution in [3.63, 3.8) is 0 Å². The Labute approximate surface area is 161 Å². The van der Waals surface area contributed by atoms with E-state index in [2.05, 4.69) is 17.9 Å². The molecule has 4 saturated carbocycles. The number of carbonyl (C=O) groups excluding carboxylic acids is 1. The third-order valence-corrected chi connectivity index (χ3v) is 7.67. The summed E-state index contributed by atoms with van der Waals surface area (Å²) in [6.07, 6.45) is 5.15. The van der Waals surface area contributed by atoms with Gasteiger partial charge in [-0.3, -0.25) is 0 Å². The molecule has 1 aromatic carbocycles. The highest BCUT2D eigenvalue weighted by atomic mass is 16.5. The topological polar surface area (TPSA) is 53.0 Å². The molecule has 27 heavy (non-hydrogen) atoms. The van der Waals surface area contributed by atoms with E-state index in [1.54, 1.807) is 7.11 Å². The van der Waals surface area contributed by atoms with E-state index >= 15 is 0 Å². The molecule has 5 heteroatoms. The van der Waals surface area contributed by atoms with Crippen molar-refractivity contribution in [3.05, 3.63) is 29.8 Å². The van der Waals surface area contributed by atoms with Gasteiger partial charge in [0, 0.05) is 19.1 Å². The number of methoxy groups -OCH3 is 1. The summed E-state index contributed by atoms with van der Waals surface area (Å²) in [6, 6.07) is 8.57. The molecule has 0 radical (unpaired) electrons. The molecule has 2 amide bonds. The Kier molecular flexibility index (Phi) is 3.94. The summed E-state index contributed by atoms with van der Waals surface area (Å²) in [5, 5.41) is 10.8. The van der Waals surface area contributed by atoms with Crippen LogP contribution in [0.2, 0.25) is 0 Å². The minimum Gasteiger partial charge on any atom is -0.497 e. The van der Waals surface area contributed by atoms with Crippen LogP contribution in [0.4, 0.5) is 4.79 Å². The fraction of sp³-hybridized carbons (Fsp3) is 0.682. The summed E-state index contributed by atoms with van der Waals surface area (Å²) in [5.74, 6) is 2.47. The van der Waals surface area contributed by atoms with Crippen molar-refractivity contribution in [2.24, 2.45) is 17.8 Å². The highest BCUT2D eigenvalue weighted by Gasteiger charge is 2.57. The molecule has 0 spiro atoms. The highest BCUT2D eigenvalue weighted by Crippen LogP contribution is 2.57. The minimum atomic E-state index is -0.441. The van der Waals surface area contributed by atoms with Gasteiger partial charge in [0.2, 0.25) is 0 Å². The largest absolute Gasteiger partial charge is 0.497 e. The van der Waals surface area contributed by atoms with Crippen LogP contribution in [-0.2, 0) is 0 Å². The zero-order chi connectivity index (χ0) is 18.8. The lowest BCUT2D eigenvalue weighted by Gasteiger charge is -2.59. The Morgan fingerprint density at radius 1 is 1.19 bits per heavy atom. The van der Waals surface area contributed by atoms with Crippen LogP contribution in [0.25, 0.3) is 0 Å². The summed E-state index contributed by atoms with van der Waals surface area (Å²) >= 11 is 0. The van der Waals surface area contributed by atoms with Gasteiger partial charge in [-0.25, -0.2) is 4.79 Å². The first-order valence-corrected chi connectivity index (χ1v) is 10.4. The molecule has 1 aliphatic heterocycles. The Balaban J connectivity index is 1.34. The highest BCUT2D eigenvalue weighted by molar-refractivity contribution is 5.77. The number of urea groups is 1. The van der Waals surface area contributed by atoms with E-state index < -0.39 is 5.60 Å². The molecule has 6 rings (SSSR count). The zero-order valence-corrected chi connectivity index (χ0v) is 16.3. The number of carbonyl (C=O) groups is 1. The van der Waals surface area contributed by atoms with E-state index in [4.69, 9.17) is 4.74 Å². The Bertz CT molecular complexity index is 735. The molecule has 5 fully saturated rings. The number of benzene rings is 1. The van der Waals surface area contributed by atoms with Crippen LogP contribution >= 0.6 is 0 Å². The van der Waals surface area contributed by atoms with E-state index in [0.717, 1.165) is 43.7 Å². The summed E-state index contributed by atoms with van der Waals surface area (Å²) < 4.78 is 5.35. The molecule has 5 nitrogen and oxygen atoms in total. The maximum Gasteiger partial charge on any atom is 0.320 e. The number of nitrogens with zero attached hydrogens (tertiary/aromatic N) is 2. The summed E-state index contributed by atoms with van der Waals surface area (Å²) in [6.45, 7) is 3.70. The molecule has 4 bridgehead atoms. The van der Waals surface area contributed by atoms with Crippen molar-refractivity contribution in [1.29, 1.82) is 0 Å². The van der Waals surface area contributed by atoms with Gasteiger partial charge in [0.1, 0.15) is 5.75 Å². The van der Waals surface area contributed by atoms with Crippen molar-refractivity contribution >= 4 is 6.03 Å². The lowest BCUT2D eigenvalue weighted by Crippen LogP contribution is -2.62. The van der Waals surface area contributed by atoms with Crippen LogP contribution in [0, 0.1) is 17.8 Å². The predicted molar refractivity (Wildman–Crippen MR) is 103 cm³/mol. The third-order valence-electron chi connectivity index (χ3n) is 7.67. The Morgan fingerprint density at radius 2 is 1.93 bits per heavy atom. The van der Waals surface area contributed by atoms with Crippen molar-refractivity contribution in [2.75, 3.05) is 20.2 Å². The predicted octanol–water partition coefficient (Wildman–Crippen LogP) is 3.43. The van der Waals surface area contributed by atoms with Crippen LogP contribution in [0.5, 0.6) is 5.75 Å². The Hall–Kier alpha value is -1.75. The van der Waals surface area contributed by atoms with Gasteiger partial charge in [-0.15, -0.1) is 0 Å². The monoisotopic (exact) mass is 370 g/mol. The summed E-state index contributed by atoms with van der Waals surface area (Å²) in [5.41, 5.74) is 0.674. The molecule has 3 atom stereocenters. The molecular weight excluding hydrogens is 340 g/mol. The molecule has 1 heterocycles. The van der Waals surface area contributed by atoms with Crippen LogP contribution in [-0.4, -0.2) is 52.8 Å². The second kappa shape index (κ2) is 6.13. The van der Waals surface area contributed by atoms with Crippen molar-refractivity contribution in [1.82, 2.24) is 9.80 Å². The zero-order valence-electron chi connectivity index (χ0n) is 16.3. The van der Waals surface area contributed by atoms with Crippen LogP contribution in [0.1, 0.15) is 50.6 Å². The average Bonchev–Trinajstić information content (AvgIpc) is 3.01. The number of amides is 2. The fourth-order valence-corrected chi connectivity index (χ4v) is 6.75. The van der Waals surface area contributed by atoms with Crippen LogP contribution in [0.15, 0.2) is 24.3 Å². The smallest absolute Gasteiger partial charge is 0.320 e. The van der Waals surface area contributed by atoms with Gasteiger partial charge in [0.15, 0.2) is 0 Å². The quantitative estimate of drug-likeness (QED) is 0.883. The van der Waals surface area contributed by atoms with Gasteiger partial charge >= 0.3 is 6.03 Å². The molecule has 146 valence electrons. The van der Waals surface area contributed by atoms with Gasteiger partial charge in [-0.1, -0.05) is 12.1 Å². The van der Waals surface area contributed by atoms with Crippen molar-refractivity contribution in [3.8, 4) is 5.75 Å². The third kappa shape index (κ3) is 2.74. The first-order valence-electron chi connectivity index (χ1n) is 10.4. The Morgan fingerprint density at radius 3 is 2.59 bits per heavy atom. The van der Waals surface area contributed by atoms with Gasteiger partial charge in [0.05, 0.1) is 18.8 Å². The van der Waals surface area contributed by atoms with E-state index in [9.17, 15) is 9.90 Å². The molecule has 1 N–H and O–H groups in total. The normalized spacial score (nSPS) is 38.6. The molecule has 1 aromatic rings. The molecular formula is C22H30N2O3. The van der Waals surface area contributed by atoms with Gasteiger partial charge in [0.25, 0.3) is 0 Å². The van der Waals surface area contributed by atoms with Crippen LogP contribution < -0.4 is 4.74 Å². The maximum atomic E-state index is 13.3. The molecule has 4 aliphatic carbocycles. The van der Waals surface area contributed by atoms with E-state index in [-0.39, 0.29) is 12.1 Å². The van der Waals surface area contributed by atoms with E-state index in [1.807, 2.05) is 23.1 Å².